The van der Waals surface area contributed by atoms with Crippen LogP contribution in [0.4, 0.5) is 5.69 Å². The molecule has 0 bridgehead atoms. The van der Waals surface area contributed by atoms with Crippen molar-refractivity contribution in [2.45, 2.75) is 26.2 Å². The maximum Gasteiger partial charge on any atom is 0.232 e. The molecule has 0 saturated heterocycles. The van der Waals surface area contributed by atoms with Crippen LogP contribution in [-0.4, -0.2) is 25.9 Å². The molecule has 0 unspecified atom stereocenters. The van der Waals surface area contributed by atoms with E-state index in [1.54, 1.807) is 18.2 Å². The number of benzene rings is 1. The molecule has 0 aromatic heterocycles. The molecule has 20 heavy (non-hydrogen) atoms. The molecular formula is C15H19NO3S. The van der Waals surface area contributed by atoms with Gasteiger partial charge >= 0.3 is 0 Å². The number of rotatable bonds is 5. The minimum absolute atomic E-state index is 0.0467. The van der Waals surface area contributed by atoms with Crippen LogP contribution in [0.2, 0.25) is 0 Å². The van der Waals surface area contributed by atoms with Crippen molar-refractivity contribution in [1.29, 1.82) is 0 Å². The zero-order chi connectivity index (χ0) is 14.6. The molecule has 0 radical (unpaired) electrons. The standard InChI is InChI=1S/C15H19NO3S/c1-12-10-15(8-7-14(12)4-2-3-9-17)16-20(18,19)11-13-5-6-13/h7-8,10,13,16-17H,3,5-6,9,11H2,1H3. The Morgan fingerprint density at radius 2 is 2.15 bits per heavy atom. The molecule has 5 heteroatoms. The van der Waals surface area contributed by atoms with E-state index in [2.05, 4.69) is 16.6 Å². The first kappa shape index (κ1) is 14.9. The summed E-state index contributed by atoms with van der Waals surface area (Å²) in [4.78, 5) is 0. The lowest BCUT2D eigenvalue weighted by atomic mass is 10.1. The first-order valence-electron chi connectivity index (χ1n) is 6.71. The zero-order valence-corrected chi connectivity index (χ0v) is 12.3. The third kappa shape index (κ3) is 4.55. The SMILES string of the molecule is Cc1cc(NS(=O)(=O)CC2CC2)ccc1C#CCCO. The molecule has 0 amide bonds. The van der Waals surface area contributed by atoms with Crippen LogP contribution in [0.1, 0.15) is 30.4 Å². The topological polar surface area (TPSA) is 66.4 Å². The summed E-state index contributed by atoms with van der Waals surface area (Å²) in [7, 11) is -3.24. The molecule has 0 heterocycles. The molecule has 0 aliphatic heterocycles. The van der Waals surface area contributed by atoms with Crippen molar-refractivity contribution in [3.63, 3.8) is 0 Å². The second kappa shape index (κ2) is 6.29. The quantitative estimate of drug-likeness (QED) is 0.815. The van der Waals surface area contributed by atoms with E-state index in [4.69, 9.17) is 5.11 Å². The van der Waals surface area contributed by atoms with Gasteiger partial charge in [-0.05, 0) is 49.4 Å². The van der Waals surface area contributed by atoms with E-state index in [0.717, 1.165) is 24.0 Å². The maximum atomic E-state index is 11.9. The van der Waals surface area contributed by atoms with Crippen LogP contribution in [0.5, 0.6) is 0 Å². The van der Waals surface area contributed by atoms with Crippen LogP contribution in [0.3, 0.4) is 0 Å². The Labute approximate surface area is 120 Å². The number of hydrogen-bond acceptors (Lipinski definition) is 3. The fourth-order valence-electron chi connectivity index (χ4n) is 1.90. The summed E-state index contributed by atoms with van der Waals surface area (Å²) in [5.41, 5.74) is 2.35. The number of sulfonamides is 1. The number of hydrogen-bond donors (Lipinski definition) is 2. The average molecular weight is 293 g/mol. The van der Waals surface area contributed by atoms with Gasteiger partial charge in [-0.15, -0.1) is 0 Å². The molecule has 2 rings (SSSR count). The van der Waals surface area contributed by atoms with Crippen molar-refractivity contribution in [2.24, 2.45) is 5.92 Å². The molecule has 108 valence electrons. The molecule has 1 aromatic rings. The van der Waals surface area contributed by atoms with E-state index in [1.165, 1.54) is 0 Å². The van der Waals surface area contributed by atoms with Gasteiger partial charge in [-0.1, -0.05) is 11.8 Å². The number of anilines is 1. The molecule has 1 aliphatic carbocycles. The normalized spacial score (nSPS) is 14.5. The monoisotopic (exact) mass is 293 g/mol. The van der Waals surface area contributed by atoms with E-state index in [1.807, 2.05) is 6.92 Å². The van der Waals surface area contributed by atoms with E-state index >= 15 is 0 Å². The second-order valence-corrected chi connectivity index (χ2v) is 6.90. The molecule has 1 saturated carbocycles. The Morgan fingerprint density at radius 3 is 2.75 bits per heavy atom. The predicted molar refractivity (Wildman–Crippen MR) is 79.9 cm³/mol. The molecule has 0 spiro atoms. The Bertz CT molecular complexity index is 637. The third-order valence-corrected chi connectivity index (χ3v) is 4.57. The smallest absolute Gasteiger partial charge is 0.232 e. The summed E-state index contributed by atoms with van der Waals surface area (Å²) < 4.78 is 26.4. The van der Waals surface area contributed by atoms with Crippen molar-refractivity contribution in [1.82, 2.24) is 0 Å². The summed E-state index contributed by atoms with van der Waals surface area (Å²) in [6.07, 6.45) is 2.47. The van der Waals surface area contributed by atoms with Gasteiger partial charge in [0.05, 0.1) is 12.4 Å². The first-order valence-corrected chi connectivity index (χ1v) is 8.36. The highest BCUT2D eigenvalue weighted by Crippen LogP contribution is 2.30. The van der Waals surface area contributed by atoms with Gasteiger partial charge < -0.3 is 5.11 Å². The lowest BCUT2D eigenvalue weighted by Gasteiger charge is -2.09. The Balaban J connectivity index is 2.07. The largest absolute Gasteiger partial charge is 0.395 e. The maximum absolute atomic E-state index is 11.9. The third-order valence-electron chi connectivity index (χ3n) is 3.11. The molecule has 4 nitrogen and oxygen atoms in total. The molecular weight excluding hydrogens is 274 g/mol. The second-order valence-electron chi connectivity index (χ2n) is 5.13. The zero-order valence-electron chi connectivity index (χ0n) is 11.5. The van der Waals surface area contributed by atoms with Gasteiger partial charge in [0.2, 0.25) is 10.0 Å². The van der Waals surface area contributed by atoms with Gasteiger partial charge in [-0.3, -0.25) is 4.72 Å². The van der Waals surface area contributed by atoms with Gasteiger partial charge in [-0.25, -0.2) is 8.42 Å². The van der Waals surface area contributed by atoms with Crippen LogP contribution in [-0.2, 0) is 10.0 Å². The summed E-state index contributed by atoms with van der Waals surface area (Å²) in [5.74, 6) is 6.36. The lowest BCUT2D eigenvalue weighted by Crippen LogP contribution is -2.17. The van der Waals surface area contributed by atoms with Crippen LogP contribution in [0.25, 0.3) is 0 Å². The average Bonchev–Trinajstić information content (AvgIpc) is 3.14. The summed E-state index contributed by atoms with van der Waals surface area (Å²) in [6.45, 7) is 1.94. The van der Waals surface area contributed by atoms with Crippen molar-refractivity contribution >= 4 is 15.7 Å². The highest BCUT2D eigenvalue weighted by Gasteiger charge is 2.27. The first-order chi connectivity index (χ1) is 9.50. The molecule has 1 fully saturated rings. The minimum atomic E-state index is -3.24. The van der Waals surface area contributed by atoms with E-state index in [0.29, 0.717) is 18.0 Å². The summed E-state index contributed by atoms with van der Waals surface area (Å²) in [5, 5.41) is 8.68. The molecule has 1 aromatic carbocycles. The van der Waals surface area contributed by atoms with Crippen LogP contribution < -0.4 is 4.72 Å². The predicted octanol–water partition coefficient (Wildman–Crippen LogP) is 1.88. The number of aliphatic hydroxyl groups is 1. The van der Waals surface area contributed by atoms with Crippen molar-refractivity contribution in [3.8, 4) is 11.8 Å². The molecule has 2 N–H and O–H groups in total. The van der Waals surface area contributed by atoms with E-state index in [9.17, 15) is 8.42 Å². The Kier molecular flexibility index (Phi) is 4.69. The van der Waals surface area contributed by atoms with Crippen LogP contribution in [0, 0.1) is 24.7 Å². The number of aliphatic hydroxyl groups excluding tert-OH is 1. The molecule has 1 aliphatic rings. The fraction of sp³-hybridized carbons (Fsp3) is 0.467. The number of aryl methyl sites for hydroxylation is 1. The summed E-state index contributed by atoms with van der Waals surface area (Å²) >= 11 is 0. The van der Waals surface area contributed by atoms with Gasteiger partial charge in [0.15, 0.2) is 0 Å². The minimum Gasteiger partial charge on any atom is -0.395 e. The summed E-state index contributed by atoms with van der Waals surface area (Å²) in [6, 6.07) is 5.31. The van der Waals surface area contributed by atoms with E-state index < -0.39 is 10.0 Å². The number of nitrogens with one attached hydrogen (secondary N) is 1. The van der Waals surface area contributed by atoms with Gasteiger partial charge in [0.1, 0.15) is 0 Å². The van der Waals surface area contributed by atoms with Crippen LogP contribution in [0.15, 0.2) is 18.2 Å². The Morgan fingerprint density at radius 1 is 1.40 bits per heavy atom. The highest BCUT2D eigenvalue weighted by molar-refractivity contribution is 7.92. The Hall–Kier alpha value is -1.51. The van der Waals surface area contributed by atoms with Gasteiger partial charge in [-0.2, -0.15) is 0 Å². The van der Waals surface area contributed by atoms with Crippen molar-refractivity contribution in [2.75, 3.05) is 17.1 Å². The van der Waals surface area contributed by atoms with Crippen molar-refractivity contribution in [3.05, 3.63) is 29.3 Å². The van der Waals surface area contributed by atoms with E-state index in [-0.39, 0.29) is 12.4 Å². The van der Waals surface area contributed by atoms with Gasteiger partial charge in [0, 0.05) is 17.7 Å². The van der Waals surface area contributed by atoms with Crippen LogP contribution >= 0.6 is 0 Å². The van der Waals surface area contributed by atoms with Crippen molar-refractivity contribution < 1.29 is 13.5 Å². The highest BCUT2D eigenvalue weighted by atomic mass is 32.2. The molecule has 0 atom stereocenters. The lowest BCUT2D eigenvalue weighted by molar-refractivity contribution is 0.305. The fourth-order valence-corrected chi connectivity index (χ4v) is 3.42. The van der Waals surface area contributed by atoms with Gasteiger partial charge in [0.25, 0.3) is 0 Å².